The van der Waals surface area contributed by atoms with Crippen LogP contribution in [0.3, 0.4) is 0 Å². The summed E-state index contributed by atoms with van der Waals surface area (Å²) in [5.74, 6) is 0.154. The molecule has 0 radical (unpaired) electrons. The summed E-state index contributed by atoms with van der Waals surface area (Å²) in [6.07, 6.45) is 0.806. The summed E-state index contributed by atoms with van der Waals surface area (Å²) in [5, 5.41) is 0. The molecular formula is C22H20N2O. The fourth-order valence-corrected chi connectivity index (χ4v) is 3.72. The summed E-state index contributed by atoms with van der Waals surface area (Å²) >= 11 is 0. The van der Waals surface area contributed by atoms with Crippen LogP contribution >= 0.6 is 0 Å². The van der Waals surface area contributed by atoms with Gasteiger partial charge in [-0.3, -0.25) is 4.79 Å². The molecule has 1 amide bonds. The minimum absolute atomic E-state index is 0.0399. The number of rotatable bonds is 2. The highest BCUT2D eigenvalue weighted by molar-refractivity contribution is 6.08. The van der Waals surface area contributed by atoms with Crippen molar-refractivity contribution >= 4 is 17.3 Å². The summed E-state index contributed by atoms with van der Waals surface area (Å²) in [6.45, 7) is 0. The first-order chi connectivity index (χ1) is 12.1. The summed E-state index contributed by atoms with van der Waals surface area (Å²) in [4.78, 5) is 14.7. The normalized spacial score (nSPS) is 16.1. The van der Waals surface area contributed by atoms with E-state index in [0.29, 0.717) is 0 Å². The van der Waals surface area contributed by atoms with Crippen LogP contribution in [0, 0.1) is 0 Å². The molecule has 1 atom stereocenters. The van der Waals surface area contributed by atoms with Crippen molar-refractivity contribution in [3.63, 3.8) is 0 Å². The third-order valence-corrected chi connectivity index (χ3v) is 4.94. The summed E-state index contributed by atoms with van der Waals surface area (Å²) < 4.78 is 0. The Balaban J connectivity index is 1.91. The molecule has 1 aliphatic heterocycles. The van der Waals surface area contributed by atoms with Gasteiger partial charge in [0.1, 0.15) is 0 Å². The third-order valence-electron chi connectivity index (χ3n) is 4.94. The Kier molecular flexibility index (Phi) is 3.77. The SMILES string of the molecule is CN1C(=O)c2ccccc2C(Cc2cccc(N)c2)c2ccccc21. The molecule has 25 heavy (non-hydrogen) atoms. The molecule has 4 rings (SSSR count). The quantitative estimate of drug-likeness (QED) is 0.716. The van der Waals surface area contributed by atoms with Gasteiger partial charge in [0.15, 0.2) is 0 Å². The first kappa shape index (κ1) is 15.5. The standard InChI is InChI=1S/C22H20N2O/c1-24-21-12-5-4-10-18(21)20(14-15-7-6-8-16(23)13-15)17-9-2-3-11-19(17)22(24)25/h2-13,20H,14,23H2,1H3. The number of carbonyl (C=O) groups excluding carboxylic acids is 1. The van der Waals surface area contributed by atoms with Crippen LogP contribution in [-0.2, 0) is 6.42 Å². The third kappa shape index (κ3) is 2.68. The Morgan fingerprint density at radius 3 is 2.44 bits per heavy atom. The lowest BCUT2D eigenvalue weighted by Crippen LogP contribution is -2.25. The van der Waals surface area contributed by atoms with Crippen LogP contribution in [0.4, 0.5) is 11.4 Å². The van der Waals surface area contributed by atoms with Gasteiger partial charge in [-0.15, -0.1) is 0 Å². The number of nitrogens with zero attached hydrogens (tertiary/aromatic N) is 1. The van der Waals surface area contributed by atoms with Gasteiger partial charge in [-0.05, 0) is 47.4 Å². The predicted molar refractivity (Wildman–Crippen MR) is 102 cm³/mol. The van der Waals surface area contributed by atoms with Gasteiger partial charge in [0.05, 0.1) is 0 Å². The van der Waals surface area contributed by atoms with Crippen LogP contribution in [0.25, 0.3) is 0 Å². The van der Waals surface area contributed by atoms with Gasteiger partial charge in [-0.1, -0.05) is 48.5 Å². The van der Waals surface area contributed by atoms with Crippen molar-refractivity contribution in [1.82, 2.24) is 0 Å². The summed E-state index contributed by atoms with van der Waals surface area (Å²) in [7, 11) is 1.85. The van der Waals surface area contributed by atoms with Crippen LogP contribution < -0.4 is 10.6 Å². The number of hydrogen-bond acceptors (Lipinski definition) is 2. The van der Waals surface area contributed by atoms with Crippen LogP contribution in [0.15, 0.2) is 72.8 Å². The number of fused-ring (bicyclic) bond motifs is 2. The Labute approximate surface area is 147 Å². The zero-order valence-electron chi connectivity index (χ0n) is 14.1. The van der Waals surface area contributed by atoms with Gasteiger partial charge in [0.25, 0.3) is 5.91 Å². The van der Waals surface area contributed by atoms with Crippen molar-refractivity contribution in [1.29, 1.82) is 0 Å². The Morgan fingerprint density at radius 1 is 0.920 bits per heavy atom. The van der Waals surface area contributed by atoms with Crippen LogP contribution in [0.5, 0.6) is 0 Å². The van der Waals surface area contributed by atoms with Crippen molar-refractivity contribution in [3.8, 4) is 0 Å². The second kappa shape index (κ2) is 6.10. The van der Waals surface area contributed by atoms with Crippen molar-refractivity contribution in [2.45, 2.75) is 12.3 Å². The number of benzene rings is 3. The minimum atomic E-state index is 0.0399. The highest BCUT2D eigenvalue weighted by atomic mass is 16.2. The van der Waals surface area contributed by atoms with E-state index >= 15 is 0 Å². The van der Waals surface area contributed by atoms with Crippen molar-refractivity contribution in [3.05, 3.63) is 95.1 Å². The molecule has 3 aromatic rings. The van der Waals surface area contributed by atoms with E-state index in [1.807, 2.05) is 61.6 Å². The molecule has 0 bridgehead atoms. The number of para-hydroxylation sites is 1. The highest BCUT2D eigenvalue weighted by Gasteiger charge is 2.30. The summed E-state index contributed by atoms with van der Waals surface area (Å²) in [6, 6.07) is 24.1. The fourth-order valence-electron chi connectivity index (χ4n) is 3.72. The maximum Gasteiger partial charge on any atom is 0.258 e. The Morgan fingerprint density at radius 2 is 1.64 bits per heavy atom. The molecule has 3 nitrogen and oxygen atoms in total. The number of amides is 1. The molecule has 3 heteroatoms. The number of nitrogen functional groups attached to an aromatic ring is 1. The zero-order valence-corrected chi connectivity index (χ0v) is 14.1. The smallest absolute Gasteiger partial charge is 0.258 e. The van der Waals surface area contributed by atoms with E-state index in [1.54, 1.807) is 4.90 Å². The van der Waals surface area contributed by atoms with E-state index in [2.05, 4.69) is 18.2 Å². The molecule has 0 aliphatic carbocycles. The molecule has 2 N–H and O–H groups in total. The number of anilines is 2. The monoisotopic (exact) mass is 328 g/mol. The molecule has 1 aliphatic rings. The maximum atomic E-state index is 13.0. The Bertz CT molecular complexity index is 948. The molecular weight excluding hydrogens is 308 g/mol. The maximum absolute atomic E-state index is 13.0. The first-order valence-corrected chi connectivity index (χ1v) is 8.45. The second-order valence-electron chi connectivity index (χ2n) is 6.51. The van der Waals surface area contributed by atoms with Crippen molar-refractivity contribution in [2.24, 2.45) is 0 Å². The van der Waals surface area contributed by atoms with E-state index in [4.69, 9.17) is 5.73 Å². The molecule has 0 saturated heterocycles. The van der Waals surface area contributed by atoms with E-state index in [1.165, 1.54) is 11.1 Å². The van der Waals surface area contributed by atoms with Gasteiger partial charge < -0.3 is 10.6 Å². The number of carbonyl (C=O) groups is 1. The largest absolute Gasteiger partial charge is 0.399 e. The van der Waals surface area contributed by atoms with Gasteiger partial charge in [-0.2, -0.15) is 0 Å². The highest BCUT2D eigenvalue weighted by Crippen LogP contribution is 2.39. The molecule has 0 saturated carbocycles. The molecule has 0 fully saturated rings. The average Bonchev–Trinajstić information content (AvgIpc) is 2.72. The lowest BCUT2D eigenvalue weighted by atomic mass is 9.83. The lowest BCUT2D eigenvalue weighted by molar-refractivity contribution is 0.0993. The van der Waals surface area contributed by atoms with Crippen LogP contribution in [0.2, 0.25) is 0 Å². The molecule has 0 spiro atoms. The molecule has 124 valence electrons. The van der Waals surface area contributed by atoms with E-state index < -0.39 is 0 Å². The van der Waals surface area contributed by atoms with Gasteiger partial charge in [0, 0.05) is 29.9 Å². The molecule has 1 unspecified atom stereocenters. The summed E-state index contributed by atoms with van der Waals surface area (Å²) in [5.41, 5.74) is 11.9. The van der Waals surface area contributed by atoms with E-state index in [0.717, 1.165) is 28.9 Å². The lowest BCUT2D eigenvalue weighted by Gasteiger charge is -2.21. The number of nitrogens with two attached hydrogens (primary N) is 1. The average molecular weight is 328 g/mol. The minimum Gasteiger partial charge on any atom is -0.399 e. The first-order valence-electron chi connectivity index (χ1n) is 8.45. The van der Waals surface area contributed by atoms with Crippen LogP contribution in [-0.4, -0.2) is 13.0 Å². The predicted octanol–water partition coefficient (Wildman–Crippen LogP) is 4.23. The zero-order chi connectivity index (χ0) is 17.4. The van der Waals surface area contributed by atoms with E-state index in [9.17, 15) is 4.79 Å². The van der Waals surface area contributed by atoms with Gasteiger partial charge in [0.2, 0.25) is 0 Å². The molecule has 3 aromatic carbocycles. The van der Waals surface area contributed by atoms with Gasteiger partial charge >= 0.3 is 0 Å². The molecule has 1 heterocycles. The molecule has 0 aromatic heterocycles. The topological polar surface area (TPSA) is 46.3 Å². The number of hydrogen-bond donors (Lipinski definition) is 1. The van der Waals surface area contributed by atoms with Crippen LogP contribution in [0.1, 0.15) is 33.0 Å². The van der Waals surface area contributed by atoms with Gasteiger partial charge in [-0.25, -0.2) is 0 Å². The van der Waals surface area contributed by atoms with Crippen molar-refractivity contribution in [2.75, 3.05) is 17.7 Å². The fraction of sp³-hybridized carbons (Fsp3) is 0.136. The van der Waals surface area contributed by atoms with E-state index in [-0.39, 0.29) is 11.8 Å². The second-order valence-corrected chi connectivity index (χ2v) is 6.51. The van der Waals surface area contributed by atoms with Crippen molar-refractivity contribution < 1.29 is 4.79 Å². The Hall–Kier alpha value is -3.07.